The van der Waals surface area contributed by atoms with Gasteiger partial charge < -0.3 is 4.90 Å². The highest BCUT2D eigenvalue weighted by Crippen LogP contribution is 2.25. The van der Waals surface area contributed by atoms with Gasteiger partial charge in [-0.3, -0.25) is 4.68 Å². The molecule has 1 aromatic heterocycles. The molecule has 1 aliphatic rings. The van der Waals surface area contributed by atoms with Crippen molar-refractivity contribution in [3.63, 3.8) is 0 Å². The lowest BCUT2D eigenvalue weighted by atomic mass is 10.1. The van der Waals surface area contributed by atoms with Gasteiger partial charge in [-0.2, -0.15) is 5.10 Å². The monoisotopic (exact) mass is 257 g/mol. The molecule has 0 bridgehead atoms. The SMILES string of the molecule is C=CN1C=C(C)C=C/C1=C(/C)c1ccn(C)n1.CC. The van der Waals surface area contributed by atoms with Gasteiger partial charge in [0.05, 0.1) is 11.4 Å². The fraction of sp³-hybridized carbons (Fsp3) is 0.312. The zero-order chi connectivity index (χ0) is 14.4. The third-order valence-corrected chi connectivity index (χ3v) is 2.80. The Morgan fingerprint density at radius 2 is 2.00 bits per heavy atom. The van der Waals surface area contributed by atoms with Gasteiger partial charge in [-0.15, -0.1) is 0 Å². The van der Waals surface area contributed by atoms with Crippen LogP contribution < -0.4 is 0 Å². The Kier molecular flexibility index (Phi) is 5.37. The molecular formula is C16H23N3. The number of hydrogen-bond donors (Lipinski definition) is 0. The van der Waals surface area contributed by atoms with Crippen LogP contribution in [0.25, 0.3) is 5.57 Å². The van der Waals surface area contributed by atoms with Gasteiger partial charge >= 0.3 is 0 Å². The molecule has 0 saturated carbocycles. The number of hydrogen-bond acceptors (Lipinski definition) is 2. The Balaban J connectivity index is 0.000000861. The van der Waals surface area contributed by atoms with E-state index >= 15 is 0 Å². The number of rotatable bonds is 2. The standard InChI is InChI=1S/C14H17N3.C2H6/c1-5-17-10-11(2)6-7-14(17)12(3)13-8-9-16(4)15-13;1-2/h5-10H,1H2,2-4H3;1-2H3/b14-12+;. The van der Waals surface area contributed by atoms with Crippen molar-refractivity contribution < 1.29 is 0 Å². The van der Waals surface area contributed by atoms with Gasteiger partial charge in [0.2, 0.25) is 0 Å². The molecule has 0 fully saturated rings. The van der Waals surface area contributed by atoms with Crippen LogP contribution in [0.1, 0.15) is 33.4 Å². The van der Waals surface area contributed by atoms with E-state index in [1.165, 1.54) is 5.57 Å². The molecule has 0 saturated heterocycles. The van der Waals surface area contributed by atoms with E-state index < -0.39 is 0 Å². The molecule has 0 aromatic carbocycles. The summed E-state index contributed by atoms with van der Waals surface area (Å²) in [5.74, 6) is 0. The van der Waals surface area contributed by atoms with Crippen molar-refractivity contribution in [2.45, 2.75) is 27.7 Å². The molecule has 2 rings (SSSR count). The van der Waals surface area contributed by atoms with Crippen LogP contribution in [-0.2, 0) is 7.05 Å². The Bertz CT molecular complexity index is 530. The Morgan fingerprint density at radius 3 is 2.53 bits per heavy atom. The predicted octanol–water partition coefficient (Wildman–Crippen LogP) is 4.10. The second-order valence-corrected chi connectivity index (χ2v) is 4.18. The molecule has 19 heavy (non-hydrogen) atoms. The van der Waals surface area contributed by atoms with E-state index in [9.17, 15) is 0 Å². The summed E-state index contributed by atoms with van der Waals surface area (Å²) in [5.41, 5.74) is 4.46. The first kappa shape index (κ1) is 15.0. The molecular weight excluding hydrogens is 234 g/mol. The molecule has 102 valence electrons. The molecule has 1 aliphatic heterocycles. The van der Waals surface area contributed by atoms with Crippen molar-refractivity contribution in [1.82, 2.24) is 14.7 Å². The topological polar surface area (TPSA) is 21.1 Å². The molecule has 0 amide bonds. The highest BCUT2D eigenvalue weighted by Gasteiger charge is 2.11. The molecule has 0 atom stereocenters. The fourth-order valence-corrected chi connectivity index (χ4v) is 1.84. The van der Waals surface area contributed by atoms with Gasteiger partial charge in [0.15, 0.2) is 0 Å². The van der Waals surface area contributed by atoms with E-state index in [1.807, 2.05) is 48.9 Å². The molecule has 1 aromatic rings. The van der Waals surface area contributed by atoms with Crippen molar-refractivity contribution in [2.24, 2.45) is 7.05 Å². The van der Waals surface area contributed by atoms with Gasteiger partial charge in [-0.05, 0) is 31.6 Å². The second-order valence-electron chi connectivity index (χ2n) is 4.18. The lowest BCUT2D eigenvalue weighted by Gasteiger charge is -2.22. The summed E-state index contributed by atoms with van der Waals surface area (Å²) in [5, 5.41) is 4.42. The van der Waals surface area contributed by atoms with Crippen molar-refractivity contribution in [2.75, 3.05) is 0 Å². The zero-order valence-corrected chi connectivity index (χ0v) is 12.5. The van der Waals surface area contributed by atoms with Crippen LogP contribution in [0.4, 0.5) is 0 Å². The van der Waals surface area contributed by atoms with Crippen LogP contribution in [0.2, 0.25) is 0 Å². The minimum atomic E-state index is 0.993. The molecule has 0 aliphatic carbocycles. The molecule has 0 radical (unpaired) electrons. The van der Waals surface area contributed by atoms with Crippen molar-refractivity contribution in [3.05, 3.63) is 60.4 Å². The van der Waals surface area contributed by atoms with Gasteiger partial charge in [0, 0.05) is 31.2 Å². The van der Waals surface area contributed by atoms with E-state index in [2.05, 4.69) is 43.9 Å². The third-order valence-electron chi connectivity index (χ3n) is 2.80. The third kappa shape index (κ3) is 3.47. The molecule has 2 heterocycles. The van der Waals surface area contributed by atoms with Crippen molar-refractivity contribution in [3.8, 4) is 0 Å². The summed E-state index contributed by atoms with van der Waals surface area (Å²) >= 11 is 0. The van der Waals surface area contributed by atoms with Crippen LogP contribution in [0, 0.1) is 0 Å². The Morgan fingerprint density at radius 1 is 1.32 bits per heavy atom. The largest absolute Gasteiger partial charge is 0.324 e. The summed E-state index contributed by atoms with van der Waals surface area (Å²) in [6.07, 6.45) is 10.0. The molecule has 3 heteroatoms. The average Bonchev–Trinajstić information content (AvgIpc) is 2.87. The van der Waals surface area contributed by atoms with Gasteiger partial charge in [-0.25, -0.2) is 0 Å². The summed E-state index contributed by atoms with van der Waals surface area (Å²) in [7, 11) is 1.92. The number of aromatic nitrogens is 2. The Hall–Kier alpha value is -2.03. The van der Waals surface area contributed by atoms with Crippen LogP contribution in [0.3, 0.4) is 0 Å². The minimum absolute atomic E-state index is 0.993. The van der Waals surface area contributed by atoms with Crippen LogP contribution in [0.5, 0.6) is 0 Å². The van der Waals surface area contributed by atoms with Gasteiger partial charge in [0.25, 0.3) is 0 Å². The van der Waals surface area contributed by atoms with Crippen molar-refractivity contribution >= 4 is 5.57 Å². The summed E-state index contributed by atoms with van der Waals surface area (Å²) in [6.45, 7) is 12.0. The minimum Gasteiger partial charge on any atom is -0.324 e. The van der Waals surface area contributed by atoms with Crippen molar-refractivity contribution in [1.29, 1.82) is 0 Å². The van der Waals surface area contributed by atoms with E-state index in [0.29, 0.717) is 0 Å². The average molecular weight is 257 g/mol. The molecule has 0 spiro atoms. The Labute approximate surface area is 116 Å². The number of allylic oxidation sites excluding steroid dienone is 4. The van der Waals surface area contributed by atoms with E-state index in [1.54, 1.807) is 0 Å². The predicted molar refractivity (Wildman–Crippen MR) is 82.1 cm³/mol. The lowest BCUT2D eigenvalue weighted by molar-refractivity contribution is 0.642. The quantitative estimate of drug-likeness (QED) is 0.795. The molecule has 3 nitrogen and oxygen atoms in total. The zero-order valence-electron chi connectivity index (χ0n) is 12.5. The fourth-order valence-electron chi connectivity index (χ4n) is 1.84. The summed E-state index contributed by atoms with van der Waals surface area (Å²) in [6, 6.07) is 2.02. The lowest BCUT2D eigenvalue weighted by Crippen LogP contribution is -2.12. The maximum Gasteiger partial charge on any atom is 0.0900 e. The van der Waals surface area contributed by atoms with Crippen LogP contribution >= 0.6 is 0 Å². The van der Waals surface area contributed by atoms with Crippen LogP contribution in [0.15, 0.2) is 54.7 Å². The number of aryl methyl sites for hydroxylation is 1. The smallest absolute Gasteiger partial charge is 0.0900 e. The maximum atomic E-state index is 4.42. The normalized spacial score (nSPS) is 16.5. The molecule has 0 N–H and O–H groups in total. The second kappa shape index (κ2) is 6.78. The van der Waals surface area contributed by atoms with E-state index in [-0.39, 0.29) is 0 Å². The summed E-state index contributed by atoms with van der Waals surface area (Å²) < 4.78 is 1.81. The first-order valence-electron chi connectivity index (χ1n) is 6.60. The molecule has 0 unspecified atom stereocenters. The van der Waals surface area contributed by atoms with E-state index in [0.717, 1.165) is 17.0 Å². The first-order valence-corrected chi connectivity index (χ1v) is 6.60. The highest BCUT2D eigenvalue weighted by molar-refractivity contribution is 5.67. The number of nitrogens with zero attached hydrogens (tertiary/aromatic N) is 3. The maximum absolute atomic E-state index is 4.42. The van der Waals surface area contributed by atoms with Gasteiger partial charge in [0.1, 0.15) is 0 Å². The summed E-state index contributed by atoms with van der Waals surface area (Å²) in [4.78, 5) is 2.03. The van der Waals surface area contributed by atoms with Crippen LogP contribution in [-0.4, -0.2) is 14.7 Å². The first-order chi connectivity index (χ1) is 9.11. The van der Waals surface area contributed by atoms with Gasteiger partial charge in [-0.1, -0.05) is 26.5 Å². The van der Waals surface area contributed by atoms with E-state index in [4.69, 9.17) is 0 Å². The highest BCUT2D eigenvalue weighted by atomic mass is 15.2.